The van der Waals surface area contributed by atoms with E-state index in [0.29, 0.717) is 6.07 Å². The quantitative estimate of drug-likeness (QED) is 0.456. The van der Waals surface area contributed by atoms with Crippen LogP contribution in [0.25, 0.3) is 0 Å². The lowest BCUT2D eigenvalue weighted by Gasteiger charge is -2.04. The van der Waals surface area contributed by atoms with Crippen molar-refractivity contribution in [2.75, 3.05) is 0 Å². The van der Waals surface area contributed by atoms with E-state index in [4.69, 9.17) is 10.7 Å². The van der Waals surface area contributed by atoms with Crippen LogP contribution in [-0.2, 0) is 9.05 Å². The van der Waals surface area contributed by atoms with Crippen molar-refractivity contribution in [3.05, 3.63) is 21.1 Å². The van der Waals surface area contributed by atoms with Crippen molar-refractivity contribution in [1.82, 2.24) is 4.98 Å². The van der Waals surface area contributed by atoms with Gasteiger partial charge in [0.05, 0.1) is 5.56 Å². The van der Waals surface area contributed by atoms with E-state index in [2.05, 4.69) is 4.98 Å². The van der Waals surface area contributed by atoms with E-state index in [1.165, 1.54) is 22.6 Å². The highest BCUT2D eigenvalue weighted by atomic mass is 127. The summed E-state index contributed by atoms with van der Waals surface area (Å²) < 4.78 is 58.7. The zero-order chi connectivity index (χ0) is 11.8. The second kappa shape index (κ2) is 4.42. The Morgan fingerprint density at radius 3 is 2.40 bits per heavy atom. The molecule has 1 heterocycles. The minimum atomic E-state index is -4.24. The third-order valence-corrected chi connectivity index (χ3v) is 3.30. The second-order valence-electron chi connectivity index (χ2n) is 2.39. The number of aromatic nitrogens is 1. The lowest BCUT2D eigenvalue weighted by molar-refractivity contribution is 0.145. The zero-order valence-electron chi connectivity index (χ0n) is 6.72. The van der Waals surface area contributed by atoms with Crippen molar-refractivity contribution in [1.29, 1.82) is 0 Å². The Hall–Kier alpha value is -0.0900. The van der Waals surface area contributed by atoms with E-state index < -0.39 is 35.6 Å². The maximum atomic E-state index is 13.0. The molecule has 9 heteroatoms. The van der Waals surface area contributed by atoms with Gasteiger partial charge in [-0.1, -0.05) is 0 Å². The summed E-state index contributed by atoms with van der Waals surface area (Å²) >= 11 is 1.31. The number of nitrogens with zero attached hydrogens (tertiary/aromatic N) is 1. The lowest BCUT2D eigenvalue weighted by Crippen LogP contribution is -2.04. The van der Waals surface area contributed by atoms with Gasteiger partial charge in [-0.05, 0) is 28.7 Å². The maximum Gasteiger partial charge on any atom is 0.278 e. The molecule has 0 N–H and O–H groups in total. The number of rotatable bonds is 2. The normalized spacial score (nSPS) is 12.1. The Morgan fingerprint density at radius 1 is 1.47 bits per heavy atom. The van der Waals surface area contributed by atoms with Crippen LogP contribution in [0.1, 0.15) is 12.0 Å². The Balaban J connectivity index is 3.50. The molecule has 0 amide bonds. The smallest absolute Gasteiger partial charge is 0.226 e. The van der Waals surface area contributed by atoms with Gasteiger partial charge in [-0.25, -0.2) is 26.6 Å². The number of hydrogen-bond acceptors (Lipinski definition) is 3. The van der Waals surface area contributed by atoms with Gasteiger partial charge in [0.2, 0.25) is 0 Å². The van der Waals surface area contributed by atoms with Crippen LogP contribution < -0.4 is 0 Å². The van der Waals surface area contributed by atoms with Crippen molar-refractivity contribution < 1.29 is 21.6 Å². The Bertz CT molecular complexity index is 493. The highest BCUT2D eigenvalue weighted by Crippen LogP contribution is 2.27. The van der Waals surface area contributed by atoms with Crippen LogP contribution in [0, 0.1) is 9.52 Å². The molecule has 0 aliphatic carbocycles. The molecule has 0 aromatic carbocycles. The zero-order valence-corrected chi connectivity index (χ0v) is 10.4. The number of alkyl halides is 2. The van der Waals surface area contributed by atoms with Crippen LogP contribution in [0.3, 0.4) is 0 Å². The van der Waals surface area contributed by atoms with Crippen molar-refractivity contribution in [3.8, 4) is 0 Å². The second-order valence-corrected chi connectivity index (χ2v) is 5.93. The molecular weight excluding hydrogens is 369 g/mol. The number of pyridine rings is 1. The van der Waals surface area contributed by atoms with E-state index in [1.54, 1.807) is 0 Å². The Kier molecular flexibility index (Phi) is 3.82. The summed E-state index contributed by atoms with van der Waals surface area (Å²) in [5.74, 6) is -1.24. The van der Waals surface area contributed by atoms with Gasteiger partial charge >= 0.3 is 0 Å². The third kappa shape index (κ3) is 2.94. The van der Waals surface area contributed by atoms with Crippen LogP contribution in [0.15, 0.2) is 11.1 Å². The largest absolute Gasteiger partial charge is 0.278 e. The molecule has 0 aliphatic rings. The minimum absolute atomic E-state index is 0.421. The van der Waals surface area contributed by atoms with Crippen LogP contribution >= 0.6 is 33.3 Å². The van der Waals surface area contributed by atoms with Crippen LogP contribution in [0.4, 0.5) is 13.2 Å². The van der Waals surface area contributed by atoms with Gasteiger partial charge in [-0.2, -0.15) is 0 Å². The van der Waals surface area contributed by atoms with Crippen molar-refractivity contribution in [3.63, 3.8) is 0 Å². The molecule has 1 aromatic heterocycles. The van der Waals surface area contributed by atoms with Gasteiger partial charge in [0.25, 0.3) is 15.5 Å². The molecule has 0 bridgehead atoms. The van der Waals surface area contributed by atoms with E-state index in [-0.39, 0.29) is 0 Å². The molecule has 0 saturated heterocycles. The molecule has 1 aromatic rings. The molecule has 15 heavy (non-hydrogen) atoms. The van der Waals surface area contributed by atoms with E-state index in [9.17, 15) is 21.6 Å². The van der Waals surface area contributed by atoms with Crippen molar-refractivity contribution in [2.45, 2.75) is 11.5 Å². The predicted octanol–water partition coefficient (Wildman–Crippen LogP) is 2.69. The number of halogens is 5. The van der Waals surface area contributed by atoms with E-state index in [0.717, 1.165) is 0 Å². The van der Waals surface area contributed by atoms with Crippen molar-refractivity contribution in [2.24, 2.45) is 0 Å². The molecule has 0 aliphatic heterocycles. The van der Waals surface area contributed by atoms with Gasteiger partial charge in [0, 0.05) is 10.7 Å². The van der Waals surface area contributed by atoms with Gasteiger partial charge in [-0.15, -0.1) is 0 Å². The molecule has 0 unspecified atom stereocenters. The molecule has 3 nitrogen and oxygen atoms in total. The monoisotopic (exact) mass is 371 g/mol. The highest BCUT2D eigenvalue weighted by Gasteiger charge is 2.22. The van der Waals surface area contributed by atoms with Crippen LogP contribution in [0.5, 0.6) is 0 Å². The summed E-state index contributed by atoms with van der Waals surface area (Å²) in [6, 6.07) is 0.421. The van der Waals surface area contributed by atoms with Gasteiger partial charge in [0.15, 0.2) is 10.8 Å². The van der Waals surface area contributed by atoms with Gasteiger partial charge < -0.3 is 0 Å². The maximum absolute atomic E-state index is 13.0. The standard InChI is InChI=1S/C6H2ClF3INO2S/c7-15(13,14)3-1-2(5(9)10)4(8)6(11)12-3/h1,5H. The predicted molar refractivity (Wildman–Crippen MR) is 54.9 cm³/mol. The van der Waals surface area contributed by atoms with E-state index >= 15 is 0 Å². The highest BCUT2D eigenvalue weighted by molar-refractivity contribution is 14.1. The fourth-order valence-corrected chi connectivity index (χ4v) is 2.22. The molecule has 0 atom stereocenters. The summed E-state index contributed by atoms with van der Waals surface area (Å²) in [4.78, 5) is 3.25. The number of hydrogen-bond donors (Lipinski definition) is 0. The molecule has 0 radical (unpaired) electrons. The summed E-state index contributed by atoms with van der Waals surface area (Å²) in [6.07, 6.45) is -3.13. The lowest BCUT2D eigenvalue weighted by atomic mass is 10.3. The molecule has 1 rings (SSSR count). The fraction of sp³-hybridized carbons (Fsp3) is 0.167. The molecule has 84 valence electrons. The first-order valence-electron chi connectivity index (χ1n) is 3.32. The first kappa shape index (κ1) is 13.0. The first-order valence-corrected chi connectivity index (χ1v) is 6.71. The van der Waals surface area contributed by atoms with Gasteiger partial charge in [-0.3, -0.25) is 0 Å². The third-order valence-electron chi connectivity index (χ3n) is 1.41. The SMILES string of the molecule is O=S(=O)(Cl)c1cc(C(F)F)c(F)c(I)n1. The molecule has 0 saturated carbocycles. The first-order chi connectivity index (χ1) is 6.73. The average Bonchev–Trinajstić information content (AvgIpc) is 2.06. The van der Waals surface area contributed by atoms with Crippen LogP contribution in [-0.4, -0.2) is 13.4 Å². The molecule has 0 spiro atoms. The molecular formula is C6H2ClF3INO2S. The Morgan fingerprint density at radius 2 is 2.00 bits per heavy atom. The minimum Gasteiger partial charge on any atom is -0.226 e. The van der Waals surface area contributed by atoms with Crippen LogP contribution in [0.2, 0.25) is 0 Å². The Labute approximate surface area is 101 Å². The van der Waals surface area contributed by atoms with Gasteiger partial charge in [0.1, 0.15) is 3.70 Å². The molecule has 0 fully saturated rings. The van der Waals surface area contributed by atoms with Crippen molar-refractivity contribution >= 4 is 42.3 Å². The fourth-order valence-electron chi connectivity index (χ4n) is 0.777. The summed E-state index contributed by atoms with van der Waals surface area (Å²) in [7, 11) is 0.657. The summed E-state index contributed by atoms with van der Waals surface area (Å²) in [6.45, 7) is 0. The topological polar surface area (TPSA) is 47.0 Å². The summed E-state index contributed by atoms with van der Waals surface area (Å²) in [5.41, 5.74) is -1.03. The van der Waals surface area contributed by atoms with E-state index in [1.807, 2.05) is 0 Å². The average molecular weight is 372 g/mol. The summed E-state index contributed by atoms with van der Waals surface area (Å²) in [5, 5.41) is -0.787.